The Bertz CT molecular complexity index is 571. The summed E-state index contributed by atoms with van der Waals surface area (Å²) in [5.74, 6) is -0.770. The molecule has 1 aliphatic rings. The molecule has 0 saturated heterocycles. The van der Waals surface area contributed by atoms with Crippen molar-refractivity contribution in [3.63, 3.8) is 0 Å². The zero-order chi connectivity index (χ0) is 14.6. The number of rotatable bonds is 5. The molecular weight excluding hydrogens is 263 g/mol. The molecule has 0 saturated carbocycles. The molecule has 106 valence electrons. The van der Waals surface area contributed by atoms with Gasteiger partial charge in [-0.2, -0.15) is 0 Å². The molecule has 0 radical (unpaired) electrons. The molecule has 0 spiro atoms. The number of nitrogens with zero attached hydrogens (tertiary/aromatic N) is 3. The first-order chi connectivity index (χ1) is 9.65. The molecule has 1 aliphatic carbocycles. The van der Waals surface area contributed by atoms with Crippen molar-refractivity contribution in [2.45, 2.75) is 18.4 Å². The highest BCUT2D eigenvalue weighted by molar-refractivity contribution is 5.84. The van der Waals surface area contributed by atoms with Crippen LogP contribution in [0.5, 0.6) is 0 Å². The first-order valence-electron chi connectivity index (χ1n) is 6.28. The summed E-state index contributed by atoms with van der Waals surface area (Å²) in [6.07, 6.45) is 0.887. The van der Waals surface area contributed by atoms with Crippen LogP contribution < -0.4 is 5.32 Å². The van der Waals surface area contributed by atoms with Crippen molar-refractivity contribution < 1.29 is 13.9 Å². The molecule has 0 aromatic heterocycles. The van der Waals surface area contributed by atoms with Crippen molar-refractivity contribution in [2.24, 2.45) is 5.11 Å². The minimum Gasteiger partial charge on any atom is -0.467 e. The van der Waals surface area contributed by atoms with Gasteiger partial charge in [0.25, 0.3) is 0 Å². The topological polar surface area (TPSA) is 87.1 Å². The quantitative estimate of drug-likeness (QED) is 0.294. The highest BCUT2D eigenvalue weighted by Crippen LogP contribution is 2.39. The number of halogens is 1. The Kier molecular flexibility index (Phi) is 4.22. The van der Waals surface area contributed by atoms with Gasteiger partial charge in [-0.1, -0.05) is 17.2 Å². The van der Waals surface area contributed by atoms with E-state index in [0.29, 0.717) is 30.5 Å². The third kappa shape index (κ3) is 2.33. The van der Waals surface area contributed by atoms with Crippen molar-refractivity contribution in [2.75, 3.05) is 20.2 Å². The maximum absolute atomic E-state index is 13.8. The summed E-state index contributed by atoms with van der Waals surface area (Å²) < 4.78 is 18.7. The lowest BCUT2D eigenvalue weighted by Crippen LogP contribution is -2.49. The van der Waals surface area contributed by atoms with Gasteiger partial charge in [0.05, 0.1) is 7.11 Å². The van der Waals surface area contributed by atoms with E-state index in [1.165, 1.54) is 13.2 Å². The second-order valence-corrected chi connectivity index (χ2v) is 4.54. The summed E-state index contributed by atoms with van der Waals surface area (Å²) in [6, 6.07) is 4.68. The Hall–Kier alpha value is -2.11. The number of methoxy groups -OCH3 is 1. The van der Waals surface area contributed by atoms with Gasteiger partial charge in [-0.25, -0.2) is 9.18 Å². The van der Waals surface area contributed by atoms with Gasteiger partial charge >= 0.3 is 5.97 Å². The lowest BCUT2D eigenvalue weighted by molar-refractivity contribution is -0.149. The lowest BCUT2D eigenvalue weighted by Gasteiger charge is -2.28. The van der Waals surface area contributed by atoms with Crippen LogP contribution >= 0.6 is 0 Å². The predicted molar refractivity (Wildman–Crippen MR) is 70.4 cm³/mol. The number of azide groups is 1. The van der Waals surface area contributed by atoms with Crippen LogP contribution in [-0.2, 0) is 21.5 Å². The summed E-state index contributed by atoms with van der Waals surface area (Å²) in [5, 5.41) is 6.47. The number of nitrogens with one attached hydrogen (secondary N) is 1. The molecule has 0 bridgehead atoms. The van der Waals surface area contributed by atoms with Crippen LogP contribution in [0.25, 0.3) is 10.4 Å². The second-order valence-electron chi connectivity index (χ2n) is 4.54. The predicted octanol–water partition coefficient (Wildman–Crippen LogP) is 2.04. The van der Waals surface area contributed by atoms with E-state index in [4.69, 9.17) is 10.3 Å². The summed E-state index contributed by atoms with van der Waals surface area (Å²) in [4.78, 5) is 14.8. The number of ether oxygens (including phenoxy) is 1. The van der Waals surface area contributed by atoms with Crippen molar-refractivity contribution in [1.82, 2.24) is 5.32 Å². The third-order valence-corrected chi connectivity index (χ3v) is 3.56. The molecular formula is C13H15FN4O2. The molecule has 7 heteroatoms. The summed E-state index contributed by atoms with van der Waals surface area (Å²) in [6.45, 7) is 0.523. The molecule has 1 atom stereocenters. The smallest absolute Gasteiger partial charge is 0.330 e. The number of hydrogen-bond acceptors (Lipinski definition) is 4. The molecule has 0 heterocycles. The zero-order valence-electron chi connectivity index (χ0n) is 11.1. The molecule has 1 unspecified atom stereocenters. The Balaban J connectivity index is 2.34. The van der Waals surface area contributed by atoms with Crippen LogP contribution in [0.1, 0.15) is 17.5 Å². The molecule has 1 aromatic rings. The van der Waals surface area contributed by atoms with Gasteiger partial charge in [0.15, 0.2) is 0 Å². The molecule has 2 rings (SSSR count). The minimum absolute atomic E-state index is 0.208. The van der Waals surface area contributed by atoms with Gasteiger partial charge < -0.3 is 4.74 Å². The van der Waals surface area contributed by atoms with Crippen LogP contribution in [0.4, 0.5) is 4.39 Å². The van der Waals surface area contributed by atoms with Crippen LogP contribution in [-0.4, -0.2) is 26.2 Å². The van der Waals surface area contributed by atoms with E-state index >= 15 is 0 Å². The molecule has 1 aromatic carbocycles. The van der Waals surface area contributed by atoms with Gasteiger partial charge in [-0.15, -0.1) is 0 Å². The zero-order valence-corrected chi connectivity index (χ0v) is 11.1. The first-order valence-corrected chi connectivity index (χ1v) is 6.28. The highest BCUT2D eigenvalue weighted by atomic mass is 19.1. The number of esters is 1. The SMILES string of the molecule is COC(=O)C1(NCCN=[N+]=[N-])CCc2c(F)cccc21. The first kappa shape index (κ1) is 14.3. The van der Waals surface area contributed by atoms with Crippen LogP contribution in [0, 0.1) is 5.82 Å². The van der Waals surface area contributed by atoms with Crippen molar-refractivity contribution in [1.29, 1.82) is 0 Å². The van der Waals surface area contributed by atoms with Crippen LogP contribution in [0.3, 0.4) is 0 Å². The molecule has 20 heavy (non-hydrogen) atoms. The fourth-order valence-electron chi connectivity index (χ4n) is 2.67. The molecule has 0 amide bonds. The van der Waals surface area contributed by atoms with E-state index in [1.54, 1.807) is 12.1 Å². The highest BCUT2D eigenvalue weighted by Gasteiger charge is 2.46. The summed E-state index contributed by atoms with van der Waals surface area (Å²) in [5.41, 5.74) is 8.34. The summed E-state index contributed by atoms with van der Waals surface area (Å²) in [7, 11) is 1.30. The fraction of sp³-hybridized carbons (Fsp3) is 0.462. The Morgan fingerprint density at radius 3 is 3.15 bits per heavy atom. The van der Waals surface area contributed by atoms with E-state index in [-0.39, 0.29) is 12.4 Å². The molecule has 0 fully saturated rings. The standard InChI is InChI=1S/C13H15FN4O2/c1-20-12(19)13(16-7-8-17-18-15)6-5-9-10(13)3-2-4-11(9)14/h2-4,16H,5-8H2,1H3. The molecule has 6 nitrogen and oxygen atoms in total. The van der Waals surface area contributed by atoms with Gasteiger partial charge in [-0.3, -0.25) is 5.32 Å². The lowest BCUT2D eigenvalue weighted by atomic mass is 9.91. The maximum atomic E-state index is 13.8. The van der Waals surface area contributed by atoms with Gasteiger partial charge in [0.1, 0.15) is 11.4 Å². The summed E-state index contributed by atoms with van der Waals surface area (Å²) >= 11 is 0. The normalized spacial score (nSPS) is 20.1. The van der Waals surface area contributed by atoms with Crippen LogP contribution in [0.2, 0.25) is 0 Å². The molecule has 0 aliphatic heterocycles. The van der Waals surface area contributed by atoms with Crippen LogP contribution in [0.15, 0.2) is 23.3 Å². The second kappa shape index (κ2) is 5.90. The Labute approximate surface area is 115 Å². The average molecular weight is 278 g/mol. The van der Waals surface area contributed by atoms with Crippen molar-refractivity contribution in [3.8, 4) is 0 Å². The maximum Gasteiger partial charge on any atom is 0.330 e. The molecule has 1 N–H and O–H groups in total. The van der Waals surface area contributed by atoms with Gasteiger partial charge in [0.2, 0.25) is 0 Å². The number of fused-ring (bicyclic) bond motifs is 1. The number of carbonyl (C=O) groups excluding carboxylic acids is 1. The Morgan fingerprint density at radius 2 is 2.45 bits per heavy atom. The van der Waals surface area contributed by atoms with E-state index in [0.717, 1.165) is 0 Å². The van der Waals surface area contributed by atoms with E-state index in [1.807, 2.05) is 0 Å². The van der Waals surface area contributed by atoms with Crippen molar-refractivity contribution >= 4 is 5.97 Å². The van der Waals surface area contributed by atoms with Crippen molar-refractivity contribution in [3.05, 3.63) is 45.6 Å². The minimum atomic E-state index is -1.06. The largest absolute Gasteiger partial charge is 0.467 e. The average Bonchev–Trinajstić information content (AvgIpc) is 2.84. The van der Waals surface area contributed by atoms with Gasteiger partial charge in [-0.05, 0) is 35.6 Å². The number of carbonyl (C=O) groups is 1. The van der Waals surface area contributed by atoms with Gasteiger partial charge in [0, 0.05) is 18.0 Å². The van der Waals surface area contributed by atoms with E-state index in [9.17, 15) is 9.18 Å². The van der Waals surface area contributed by atoms with E-state index in [2.05, 4.69) is 15.3 Å². The van der Waals surface area contributed by atoms with E-state index < -0.39 is 11.5 Å². The third-order valence-electron chi connectivity index (χ3n) is 3.56. The number of hydrogen-bond donors (Lipinski definition) is 1. The monoisotopic (exact) mass is 278 g/mol. The number of benzene rings is 1. The Morgan fingerprint density at radius 1 is 1.65 bits per heavy atom. The fourth-order valence-corrected chi connectivity index (χ4v) is 2.67.